The number of hydrogen-bond acceptors (Lipinski definition) is 3. The highest BCUT2D eigenvalue weighted by Gasteiger charge is 2.45. The molecule has 1 aromatic carbocycles. The second kappa shape index (κ2) is 6.29. The predicted molar refractivity (Wildman–Crippen MR) is 87.1 cm³/mol. The first-order valence-electron chi connectivity index (χ1n) is 8.31. The Morgan fingerprint density at radius 3 is 3.05 bits per heavy atom. The Bertz CT molecular complexity index is 544. The van der Waals surface area contributed by atoms with Gasteiger partial charge in [0.2, 0.25) is 5.91 Å². The van der Waals surface area contributed by atoms with Gasteiger partial charge in [0.15, 0.2) is 0 Å². The summed E-state index contributed by atoms with van der Waals surface area (Å²) < 4.78 is 5.38. The van der Waals surface area contributed by atoms with Gasteiger partial charge < -0.3 is 15.0 Å². The molecule has 1 N–H and O–H groups in total. The molecule has 0 unspecified atom stereocenters. The minimum atomic E-state index is -0.0321. The number of ether oxygens (including phenoxy) is 1. The summed E-state index contributed by atoms with van der Waals surface area (Å²) in [5, 5.41) is 3.61. The first-order chi connectivity index (χ1) is 10.6. The summed E-state index contributed by atoms with van der Waals surface area (Å²) in [5.74, 6) is 1.02. The zero-order chi connectivity index (χ0) is 15.6. The van der Waals surface area contributed by atoms with Crippen LogP contribution in [0.2, 0.25) is 0 Å². The van der Waals surface area contributed by atoms with Crippen LogP contribution in [0.3, 0.4) is 0 Å². The van der Waals surface area contributed by atoms with Gasteiger partial charge in [0.1, 0.15) is 5.75 Å². The first-order valence-corrected chi connectivity index (χ1v) is 8.31. The summed E-state index contributed by atoms with van der Waals surface area (Å²) in [5.41, 5.74) is 0.944. The molecule has 0 aliphatic carbocycles. The van der Waals surface area contributed by atoms with Crippen LogP contribution in [-0.4, -0.2) is 42.6 Å². The number of rotatable bonds is 3. The van der Waals surface area contributed by atoms with Crippen molar-refractivity contribution in [2.45, 2.75) is 50.6 Å². The van der Waals surface area contributed by atoms with E-state index < -0.39 is 0 Å². The van der Waals surface area contributed by atoms with E-state index >= 15 is 0 Å². The molecule has 0 spiro atoms. The van der Waals surface area contributed by atoms with Gasteiger partial charge in [-0.15, -0.1) is 0 Å². The number of methoxy groups -OCH3 is 1. The number of hydrogen-bond donors (Lipinski definition) is 1. The van der Waals surface area contributed by atoms with Gasteiger partial charge in [-0.25, -0.2) is 0 Å². The second-order valence-electron chi connectivity index (χ2n) is 6.64. The third-order valence-electron chi connectivity index (χ3n) is 5.33. The van der Waals surface area contributed by atoms with Crippen LogP contribution in [0.25, 0.3) is 0 Å². The number of carbonyl (C=O) groups excluding carboxylic acids is 1. The Hall–Kier alpha value is -1.55. The molecule has 2 saturated heterocycles. The molecular weight excluding hydrogens is 276 g/mol. The molecule has 0 radical (unpaired) electrons. The molecule has 2 aliphatic rings. The highest BCUT2D eigenvalue weighted by atomic mass is 16.5. The van der Waals surface area contributed by atoms with Crippen molar-refractivity contribution in [2.24, 2.45) is 0 Å². The van der Waals surface area contributed by atoms with Crippen molar-refractivity contribution in [1.82, 2.24) is 10.2 Å². The molecule has 0 bridgehead atoms. The number of para-hydroxylation sites is 1. The van der Waals surface area contributed by atoms with Gasteiger partial charge >= 0.3 is 0 Å². The monoisotopic (exact) mass is 302 g/mol. The molecule has 4 heteroatoms. The normalized spacial score (nSPS) is 28.1. The molecular formula is C18H26N2O2. The number of fused-ring (bicyclic) bond motifs is 1. The van der Waals surface area contributed by atoms with Gasteiger partial charge in [-0.2, -0.15) is 0 Å². The Balaban J connectivity index is 1.78. The maximum Gasteiger partial charge on any atom is 0.227 e. The van der Waals surface area contributed by atoms with E-state index in [1.165, 1.54) is 6.42 Å². The number of nitrogens with one attached hydrogen (secondary N) is 1. The highest BCUT2D eigenvalue weighted by molar-refractivity contribution is 5.80. The zero-order valence-electron chi connectivity index (χ0n) is 13.6. The molecule has 4 nitrogen and oxygen atoms in total. The quantitative estimate of drug-likeness (QED) is 0.932. The van der Waals surface area contributed by atoms with Crippen molar-refractivity contribution < 1.29 is 9.53 Å². The fraction of sp³-hybridized carbons (Fsp3) is 0.611. The predicted octanol–water partition coefficient (Wildman–Crippen LogP) is 2.37. The first kappa shape index (κ1) is 15.3. The van der Waals surface area contributed by atoms with Crippen molar-refractivity contribution in [1.29, 1.82) is 0 Å². The number of piperidine rings is 2. The lowest BCUT2D eigenvalue weighted by Gasteiger charge is -2.53. The Morgan fingerprint density at radius 1 is 1.41 bits per heavy atom. The SMILES string of the molecule is COc1ccccc1CC(=O)N1CCC[C@H]2NCCC[C@@]21C. The average molecular weight is 302 g/mol. The van der Waals surface area contributed by atoms with Gasteiger partial charge in [0.25, 0.3) is 0 Å². The number of benzene rings is 1. The van der Waals surface area contributed by atoms with E-state index in [0.717, 1.165) is 43.7 Å². The van der Waals surface area contributed by atoms with Gasteiger partial charge in [0, 0.05) is 18.2 Å². The minimum absolute atomic E-state index is 0.0321. The Morgan fingerprint density at radius 2 is 2.23 bits per heavy atom. The second-order valence-corrected chi connectivity index (χ2v) is 6.64. The lowest BCUT2D eigenvalue weighted by atomic mass is 9.77. The molecule has 1 aromatic rings. The summed E-state index contributed by atoms with van der Waals surface area (Å²) in [6.07, 6.45) is 4.93. The lowest BCUT2D eigenvalue weighted by Crippen LogP contribution is -2.66. The fourth-order valence-electron chi connectivity index (χ4n) is 4.08. The van der Waals surface area contributed by atoms with Crippen molar-refractivity contribution >= 4 is 5.91 Å². The molecule has 2 fully saturated rings. The van der Waals surface area contributed by atoms with Crippen molar-refractivity contribution in [3.63, 3.8) is 0 Å². The summed E-state index contributed by atoms with van der Waals surface area (Å²) in [4.78, 5) is 15.1. The van der Waals surface area contributed by atoms with E-state index in [4.69, 9.17) is 4.74 Å². The van der Waals surface area contributed by atoms with Gasteiger partial charge in [-0.3, -0.25) is 4.79 Å². The molecule has 120 valence electrons. The molecule has 2 aliphatic heterocycles. The standard InChI is InChI=1S/C18H26N2O2/c1-18-10-6-11-19-16(18)9-5-12-20(18)17(21)13-14-7-3-4-8-15(14)22-2/h3-4,7-8,16,19H,5-6,9-13H2,1-2H3/t16-,18+/m1/s1. The van der Waals surface area contributed by atoms with E-state index in [1.54, 1.807) is 7.11 Å². The Labute approximate surface area is 132 Å². The number of likely N-dealkylation sites (tertiary alicyclic amines) is 1. The van der Waals surface area contributed by atoms with Crippen LogP contribution in [-0.2, 0) is 11.2 Å². The van der Waals surface area contributed by atoms with E-state index in [1.807, 2.05) is 24.3 Å². The summed E-state index contributed by atoms with van der Waals surface area (Å²) in [7, 11) is 1.66. The minimum Gasteiger partial charge on any atom is -0.496 e. The summed E-state index contributed by atoms with van der Waals surface area (Å²) >= 11 is 0. The van der Waals surface area contributed by atoms with E-state index in [2.05, 4.69) is 17.1 Å². The number of nitrogens with zero attached hydrogens (tertiary/aromatic N) is 1. The van der Waals surface area contributed by atoms with Gasteiger partial charge in [-0.05, 0) is 45.2 Å². The summed E-state index contributed by atoms with van der Waals surface area (Å²) in [6.45, 7) is 4.21. The van der Waals surface area contributed by atoms with Crippen LogP contribution >= 0.6 is 0 Å². The van der Waals surface area contributed by atoms with Crippen LogP contribution in [0, 0.1) is 0 Å². The topological polar surface area (TPSA) is 41.6 Å². The molecule has 1 amide bonds. The maximum atomic E-state index is 12.9. The van der Waals surface area contributed by atoms with Crippen LogP contribution in [0.5, 0.6) is 5.75 Å². The van der Waals surface area contributed by atoms with Crippen LogP contribution in [0.4, 0.5) is 0 Å². The van der Waals surface area contributed by atoms with Gasteiger partial charge in [0.05, 0.1) is 19.1 Å². The third kappa shape index (κ3) is 2.72. The van der Waals surface area contributed by atoms with Crippen LogP contribution < -0.4 is 10.1 Å². The van der Waals surface area contributed by atoms with E-state index in [-0.39, 0.29) is 11.4 Å². The molecule has 2 heterocycles. The van der Waals surface area contributed by atoms with Crippen LogP contribution in [0.15, 0.2) is 24.3 Å². The van der Waals surface area contributed by atoms with Crippen LogP contribution in [0.1, 0.15) is 38.2 Å². The van der Waals surface area contributed by atoms with Crippen molar-refractivity contribution in [3.8, 4) is 5.75 Å². The molecule has 2 atom stereocenters. The molecule has 22 heavy (non-hydrogen) atoms. The summed E-state index contributed by atoms with van der Waals surface area (Å²) in [6, 6.07) is 8.26. The molecule has 3 rings (SSSR count). The van der Waals surface area contributed by atoms with E-state index in [0.29, 0.717) is 12.5 Å². The number of carbonyl (C=O) groups is 1. The fourth-order valence-corrected chi connectivity index (χ4v) is 4.08. The maximum absolute atomic E-state index is 12.9. The number of amides is 1. The zero-order valence-corrected chi connectivity index (χ0v) is 13.6. The highest BCUT2D eigenvalue weighted by Crippen LogP contribution is 2.35. The largest absolute Gasteiger partial charge is 0.496 e. The third-order valence-corrected chi connectivity index (χ3v) is 5.33. The lowest BCUT2D eigenvalue weighted by molar-refractivity contribution is -0.141. The van der Waals surface area contributed by atoms with Crippen molar-refractivity contribution in [3.05, 3.63) is 29.8 Å². The van der Waals surface area contributed by atoms with Crippen molar-refractivity contribution in [2.75, 3.05) is 20.2 Å². The van der Waals surface area contributed by atoms with Gasteiger partial charge in [-0.1, -0.05) is 18.2 Å². The molecule has 0 aromatic heterocycles. The van der Waals surface area contributed by atoms with E-state index in [9.17, 15) is 4.79 Å². The smallest absolute Gasteiger partial charge is 0.227 e. The molecule has 0 saturated carbocycles. The average Bonchev–Trinajstić information content (AvgIpc) is 2.54. The Kier molecular flexibility index (Phi) is 4.39.